The van der Waals surface area contributed by atoms with Gasteiger partial charge in [-0.2, -0.15) is 0 Å². The van der Waals surface area contributed by atoms with Crippen molar-refractivity contribution in [1.29, 1.82) is 0 Å². The second-order valence-electron chi connectivity index (χ2n) is 14.6. The van der Waals surface area contributed by atoms with Gasteiger partial charge in [0.1, 0.15) is 0 Å². The minimum atomic E-state index is 1.15. The molecule has 0 aliphatic heterocycles. The average molecular weight is 700 g/mol. The Morgan fingerprint density at radius 1 is 0.236 bits per heavy atom. The summed E-state index contributed by atoms with van der Waals surface area (Å²) >= 11 is 0. The van der Waals surface area contributed by atoms with Crippen molar-refractivity contribution in [3.8, 4) is 28.2 Å². The first kappa shape index (κ1) is 30.1. The van der Waals surface area contributed by atoms with Crippen LogP contribution in [-0.2, 0) is 0 Å². The van der Waals surface area contributed by atoms with Gasteiger partial charge in [0, 0.05) is 54.8 Å². The third-order valence-electron chi connectivity index (χ3n) is 11.6. The highest BCUT2D eigenvalue weighted by Gasteiger charge is 2.19. The van der Waals surface area contributed by atoms with Crippen molar-refractivity contribution in [1.82, 2.24) is 13.7 Å². The van der Waals surface area contributed by atoms with Crippen LogP contribution in [-0.4, -0.2) is 13.7 Å². The van der Waals surface area contributed by atoms with E-state index in [1.165, 1.54) is 98.7 Å². The van der Waals surface area contributed by atoms with E-state index in [0.29, 0.717) is 0 Å². The van der Waals surface area contributed by atoms with Crippen molar-refractivity contribution in [3.63, 3.8) is 0 Å². The lowest BCUT2D eigenvalue weighted by molar-refractivity contribution is 1.17. The minimum Gasteiger partial charge on any atom is -0.309 e. The molecule has 0 saturated heterocycles. The summed E-state index contributed by atoms with van der Waals surface area (Å²) in [6.45, 7) is 0. The molecule has 0 spiro atoms. The highest BCUT2D eigenvalue weighted by Crippen LogP contribution is 2.41. The van der Waals surface area contributed by atoms with E-state index >= 15 is 0 Å². The van der Waals surface area contributed by atoms with Crippen LogP contribution in [0.3, 0.4) is 0 Å². The Balaban J connectivity index is 1.07. The van der Waals surface area contributed by atoms with Crippen molar-refractivity contribution >= 4 is 76.2 Å². The maximum atomic E-state index is 2.44. The van der Waals surface area contributed by atoms with Crippen LogP contribution >= 0.6 is 0 Å². The topological polar surface area (TPSA) is 14.8 Å². The SMILES string of the molecule is c1ccc(-n2c3ccccc3c3ccc(-c4ccc5c(c4)c4ccccc4n5-c4ccc5c(c4)c4ccc6ccccc6c4n5-c4ccccc4)cc32)cc1. The molecular formula is C52H33N3. The molecule has 0 aliphatic carbocycles. The molecule has 0 saturated carbocycles. The molecule has 3 nitrogen and oxygen atoms in total. The predicted molar refractivity (Wildman–Crippen MR) is 232 cm³/mol. The van der Waals surface area contributed by atoms with Gasteiger partial charge in [-0.25, -0.2) is 0 Å². The zero-order valence-electron chi connectivity index (χ0n) is 29.9. The Morgan fingerprint density at radius 3 is 1.49 bits per heavy atom. The molecule has 55 heavy (non-hydrogen) atoms. The zero-order chi connectivity index (χ0) is 36.0. The fraction of sp³-hybridized carbons (Fsp3) is 0. The number of aromatic nitrogens is 3. The van der Waals surface area contributed by atoms with Crippen LogP contribution in [0.5, 0.6) is 0 Å². The van der Waals surface area contributed by atoms with E-state index in [-0.39, 0.29) is 0 Å². The van der Waals surface area contributed by atoms with Gasteiger partial charge in [0.2, 0.25) is 0 Å². The van der Waals surface area contributed by atoms with Gasteiger partial charge < -0.3 is 13.7 Å². The highest BCUT2D eigenvalue weighted by atomic mass is 15.0. The Hall–Kier alpha value is -7.36. The monoisotopic (exact) mass is 699 g/mol. The van der Waals surface area contributed by atoms with Gasteiger partial charge in [-0.3, -0.25) is 0 Å². The first-order valence-corrected chi connectivity index (χ1v) is 18.9. The van der Waals surface area contributed by atoms with Gasteiger partial charge in [0.05, 0.1) is 33.1 Å². The molecular weight excluding hydrogens is 667 g/mol. The molecule has 0 fully saturated rings. The fourth-order valence-corrected chi connectivity index (χ4v) is 9.19. The maximum Gasteiger partial charge on any atom is 0.0619 e. The van der Waals surface area contributed by atoms with Gasteiger partial charge in [0.15, 0.2) is 0 Å². The number of hydrogen-bond donors (Lipinski definition) is 0. The first-order chi connectivity index (χ1) is 27.3. The number of nitrogens with zero attached hydrogens (tertiary/aromatic N) is 3. The summed E-state index contributed by atoms with van der Waals surface area (Å²) in [5.41, 5.74) is 13.2. The molecule has 0 radical (unpaired) electrons. The third-order valence-corrected chi connectivity index (χ3v) is 11.6. The van der Waals surface area contributed by atoms with Gasteiger partial charge in [-0.15, -0.1) is 0 Å². The van der Waals surface area contributed by atoms with Crippen LogP contribution in [0, 0.1) is 0 Å². The minimum absolute atomic E-state index is 1.15. The van der Waals surface area contributed by atoms with E-state index < -0.39 is 0 Å². The molecule has 0 unspecified atom stereocenters. The molecule has 256 valence electrons. The van der Waals surface area contributed by atoms with Crippen LogP contribution in [0.4, 0.5) is 0 Å². The number of fused-ring (bicyclic) bond motifs is 11. The van der Waals surface area contributed by atoms with Gasteiger partial charge >= 0.3 is 0 Å². The van der Waals surface area contributed by atoms with Crippen LogP contribution < -0.4 is 0 Å². The summed E-state index contributed by atoms with van der Waals surface area (Å²) in [6, 6.07) is 73.2. The lowest BCUT2D eigenvalue weighted by Gasteiger charge is -2.11. The van der Waals surface area contributed by atoms with Gasteiger partial charge in [-0.05, 0) is 89.3 Å². The van der Waals surface area contributed by atoms with Gasteiger partial charge in [0.25, 0.3) is 0 Å². The second kappa shape index (κ2) is 11.6. The number of para-hydroxylation sites is 4. The highest BCUT2D eigenvalue weighted by molar-refractivity contribution is 6.19. The molecule has 0 atom stereocenters. The number of hydrogen-bond acceptors (Lipinski definition) is 0. The molecule has 0 bridgehead atoms. The average Bonchev–Trinajstić information content (AvgIpc) is 3.89. The van der Waals surface area contributed by atoms with Crippen LogP contribution in [0.15, 0.2) is 200 Å². The van der Waals surface area contributed by atoms with Gasteiger partial charge in [-0.1, -0.05) is 127 Å². The molecule has 3 heteroatoms. The summed E-state index contributed by atoms with van der Waals surface area (Å²) in [5.74, 6) is 0. The summed E-state index contributed by atoms with van der Waals surface area (Å²) in [4.78, 5) is 0. The Kier molecular flexibility index (Phi) is 6.34. The Morgan fingerprint density at radius 2 is 0.727 bits per heavy atom. The van der Waals surface area contributed by atoms with Crippen LogP contribution in [0.2, 0.25) is 0 Å². The van der Waals surface area contributed by atoms with E-state index in [1.807, 2.05) is 0 Å². The molecule has 0 aliphatic rings. The zero-order valence-corrected chi connectivity index (χ0v) is 29.9. The molecule has 9 aromatic carbocycles. The molecule has 3 aromatic heterocycles. The summed E-state index contributed by atoms with van der Waals surface area (Å²) < 4.78 is 7.27. The van der Waals surface area contributed by atoms with Crippen LogP contribution in [0.1, 0.15) is 0 Å². The van der Waals surface area contributed by atoms with Crippen molar-refractivity contribution in [2.24, 2.45) is 0 Å². The van der Waals surface area contributed by atoms with E-state index in [4.69, 9.17) is 0 Å². The lowest BCUT2D eigenvalue weighted by Crippen LogP contribution is -1.96. The number of rotatable bonds is 4. The van der Waals surface area contributed by atoms with Crippen molar-refractivity contribution in [2.75, 3.05) is 0 Å². The summed E-state index contributed by atoms with van der Waals surface area (Å²) in [6.07, 6.45) is 0. The van der Waals surface area contributed by atoms with Crippen molar-refractivity contribution < 1.29 is 0 Å². The molecule has 0 N–H and O–H groups in total. The van der Waals surface area contributed by atoms with E-state index in [9.17, 15) is 0 Å². The van der Waals surface area contributed by atoms with E-state index in [0.717, 1.165) is 5.69 Å². The number of benzene rings is 9. The second-order valence-corrected chi connectivity index (χ2v) is 14.6. The Labute approximate surface area is 317 Å². The normalized spacial score (nSPS) is 12.0. The molecule has 0 amide bonds. The summed E-state index contributed by atoms with van der Waals surface area (Å²) in [5, 5.41) is 10.0. The van der Waals surface area contributed by atoms with E-state index in [1.54, 1.807) is 0 Å². The fourth-order valence-electron chi connectivity index (χ4n) is 9.19. The summed E-state index contributed by atoms with van der Waals surface area (Å²) in [7, 11) is 0. The largest absolute Gasteiger partial charge is 0.309 e. The molecule has 12 aromatic rings. The predicted octanol–water partition coefficient (Wildman–Crippen LogP) is 13.8. The third kappa shape index (κ3) is 4.38. The van der Waals surface area contributed by atoms with E-state index in [2.05, 4.69) is 214 Å². The van der Waals surface area contributed by atoms with Crippen molar-refractivity contribution in [3.05, 3.63) is 200 Å². The first-order valence-electron chi connectivity index (χ1n) is 18.9. The van der Waals surface area contributed by atoms with Crippen molar-refractivity contribution in [2.45, 2.75) is 0 Å². The Bertz CT molecular complexity index is 3470. The standard InChI is InChI=1S/C52H33N3/c1-3-14-37(15-4-1)53-47-21-11-9-19-41(47)43-27-24-36(32-51(43)53)35-25-29-49-45(31-35)42-20-10-12-22-48(42)54(49)39-26-30-50-46(33-39)44-28-23-34-13-7-8-18-40(34)52(44)55(50)38-16-5-2-6-17-38/h1-33H. The molecule has 3 heterocycles. The molecule has 12 rings (SSSR count). The quantitative estimate of drug-likeness (QED) is 0.174. The van der Waals surface area contributed by atoms with Crippen LogP contribution in [0.25, 0.3) is 104 Å². The maximum absolute atomic E-state index is 2.44. The lowest BCUT2D eigenvalue weighted by atomic mass is 10.0. The smallest absolute Gasteiger partial charge is 0.0619 e.